The van der Waals surface area contributed by atoms with Gasteiger partial charge in [-0.25, -0.2) is 4.79 Å². The number of nitrogens with one attached hydrogen (secondary N) is 3. The molecule has 0 saturated carbocycles. The Morgan fingerprint density at radius 3 is 2.50 bits per heavy atom. The van der Waals surface area contributed by atoms with Crippen molar-refractivity contribution in [3.05, 3.63) is 41.5 Å². The van der Waals surface area contributed by atoms with Gasteiger partial charge >= 0.3 is 6.03 Å². The van der Waals surface area contributed by atoms with Gasteiger partial charge in [-0.15, -0.1) is 0 Å². The number of amides is 5. The van der Waals surface area contributed by atoms with Gasteiger partial charge in [0.2, 0.25) is 5.91 Å². The van der Waals surface area contributed by atoms with E-state index >= 15 is 0 Å². The second-order valence-corrected chi connectivity index (χ2v) is 6.49. The number of hydrogen-bond donors (Lipinski definition) is 3. The number of rotatable bonds is 5. The molecule has 2 rings (SSSR count). The van der Waals surface area contributed by atoms with E-state index in [2.05, 4.69) is 16.2 Å². The van der Waals surface area contributed by atoms with Gasteiger partial charge in [0.15, 0.2) is 0 Å². The number of urea groups is 1. The highest BCUT2D eigenvalue weighted by Crippen LogP contribution is 2.16. The average molecular weight is 358 g/mol. The molecule has 1 aromatic rings. The van der Waals surface area contributed by atoms with Crippen LogP contribution in [0.1, 0.15) is 31.4 Å². The van der Waals surface area contributed by atoms with Crippen LogP contribution in [0.5, 0.6) is 0 Å². The maximum Gasteiger partial charge on any atom is 0.325 e. The first kappa shape index (κ1) is 19.2. The first-order valence-corrected chi connectivity index (χ1v) is 8.17. The van der Waals surface area contributed by atoms with Gasteiger partial charge in [0.1, 0.15) is 5.54 Å². The van der Waals surface area contributed by atoms with E-state index in [4.69, 9.17) is 0 Å². The molecule has 0 radical (unpaired) electrons. The molecule has 0 atom stereocenters. The number of benzene rings is 1. The summed E-state index contributed by atoms with van der Waals surface area (Å²) in [5.74, 6) is -1.38. The van der Waals surface area contributed by atoms with Crippen molar-refractivity contribution in [2.75, 3.05) is 6.54 Å². The molecule has 8 heteroatoms. The molecule has 138 valence electrons. The molecule has 0 aromatic heterocycles. The summed E-state index contributed by atoms with van der Waals surface area (Å²) in [6.45, 7) is 5.05. The smallest absolute Gasteiger partial charge is 0.324 e. The van der Waals surface area contributed by atoms with Gasteiger partial charge in [-0.3, -0.25) is 30.1 Å². The van der Waals surface area contributed by atoms with Crippen molar-refractivity contribution in [3.63, 3.8) is 0 Å². The lowest BCUT2D eigenvalue weighted by atomic mass is 10.1. The van der Waals surface area contributed by atoms with E-state index in [0.29, 0.717) is 0 Å². The zero-order chi connectivity index (χ0) is 19.3. The highest BCUT2D eigenvalue weighted by atomic mass is 16.2. The predicted octanol–water partition coefficient (Wildman–Crippen LogP) is 0.876. The molecule has 1 fully saturated rings. The summed E-state index contributed by atoms with van der Waals surface area (Å²) in [7, 11) is 0. The van der Waals surface area contributed by atoms with Crippen LogP contribution in [0.2, 0.25) is 0 Å². The highest BCUT2D eigenvalue weighted by molar-refractivity contribution is 6.06. The molecule has 1 aliphatic heterocycles. The Bertz CT molecular complexity index is 770. The molecule has 1 heterocycles. The fraction of sp³-hybridized carbons (Fsp3) is 0.333. The summed E-state index contributed by atoms with van der Waals surface area (Å²) in [5, 5.41) is 2.53. The minimum Gasteiger partial charge on any atom is -0.324 e. The summed E-state index contributed by atoms with van der Waals surface area (Å²) >= 11 is 0. The van der Waals surface area contributed by atoms with Crippen LogP contribution in [0, 0.1) is 6.92 Å². The summed E-state index contributed by atoms with van der Waals surface area (Å²) in [6.07, 6.45) is 2.84. The third-order valence-corrected chi connectivity index (χ3v) is 3.93. The van der Waals surface area contributed by atoms with Gasteiger partial charge in [-0.05, 0) is 38.0 Å². The van der Waals surface area contributed by atoms with E-state index in [0.717, 1.165) is 16.0 Å². The molecule has 0 aliphatic carbocycles. The van der Waals surface area contributed by atoms with Crippen LogP contribution >= 0.6 is 0 Å². The summed E-state index contributed by atoms with van der Waals surface area (Å²) < 4.78 is 0. The van der Waals surface area contributed by atoms with Crippen LogP contribution in [0.15, 0.2) is 30.3 Å². The quantitative estimate of drug-likeness (QED) is 0.412. The van der Waals surface area contributed by atoms with E-state index < -0.39 is 23.4 Å². The number of hydrogen-bond acceptors (Lipinski definition) is 4. The molecule has 3 N–H and O–H groups in total. The van der Waals surface area contributed by atoms with Crippen molar-refractivity contribution < 1.29 is 19.2 Å². The second kappa shape index (κ2) is 7.81. The summed E-state index contributed by atoms with van der Waals surface area (Å²) in [5.41, 5.74) is 5.46. The van der Waals surface area contributed by atoms with Gasteiger partial charge in [-0.1, -0.05) is 24.3 Å². The number of aryl methyl sites for hydroxylation is 1. The van der Waals surface area contributed by atoms with E-state index in [1.54, 1.807) is 19.9 Å². The Labute approximate surface area is 151 Å². The predicted molar refractivity (Wildman–Crippen MR) is 95.4 cm³/mol. The van der Waals surface area contributed by atoms with Gasteiger partial charge in [0.25, 0.3) is 11.8 Å². The van der Waals surface area contributed by atoms with Crippen LogP contribution < -0.4 is 16.2 Å². The van der Waals surface area contributed by atoms with Crippen molar-refractivity contribution in [1.29, 1.82) is 0 Å². The Hall–Kier alpha value is -3.16. The topological polar surface area (TPSA) is 108 Å². The summed E-state index contributed by atoms with van der Waals surface area (Å²) in [4.78, 5) is 48.2. The number of carbonyl (C=O) groups excluding carboxylic acids is 4. The lowest BCUT2D eigenvalue weighted by Gasteiger charge is -2.15. The third kappa shape index (κ3) is 4.69. The van der Waals surface area contributed by atoms with Gasteiger partial charge in [0, 0.05) is 19.0 Å². The maximum absolute atomic E-state index is 12.0. The zero-order valence-corrected chi connectivity index (χ0v) is 15.0. The number of imide groups is 1. The van der Waals surface area contributed by atoms with Crippen molar-refractivity contribution in [2.45, 2.75) is 32.7 Å². The van der Waals surface area contributed by atoms with Gasteiger partial charge < -0.3 is 5.32 Å². The number of nitrogens with zero attached hydrogens (tertiary/aromatic N) is 1. The molecule has 8 nitrogen and oxygen atoms in total. The standard InChI is InChI=1S/C18H22N4O4/c1-12-6-4-5-7-13(12)8-9-14(23)20-21-15(24)10-11-22-16(25)18(2,3)19-17(22)26/h4-9H,10-11H2,1-3H3,(H,19,26)(H,20,23)(H,21,24)/b9-8+. The van der Waals surface area contributed by atoms with Crippen molar-refractivity contribution in [3.8, 4) is 0 Å². The van der Waals surface area contributed by atoms with Crippen molar-refractivity contribution in [2.24, 2.45) is 0 Å². The Balaban J connectivity index is 1.77. The Morgan fingerprint density at radius 1 is 1.19 bits per heavy atom. The van der Waals surface area contributed by atoms with Crippen LogP contribution in [-0.2, 0) is 14.4 Å². The third-order valence-electron chi connectivity index (χ3n) is 3.93. The molecule has 1 aromatic carbocycles. The molecule has 1 aliphatic rings. The Morgan fingerprint density at radius 2 is 1.88 bits per heavy atom. The van der Waals surface area contributed by atoms with E-state index in [1.165, 1.54) is 6.08 Å². The number of carbonyl (C=O) groups is 4. The maximum atomic E-state index is 12.0. The monoisotopic (exact) mass is 358 g/mol. The molecular weight excluding hydrogens is 336 g/mol. The molecule has 5 amide bonds. The SMILES string of the molecule is Cc1ccccc1/C=C/C(=O)NNC(=O)CCN1C(=O)NC(C)(C)C1=O. The van der Waals surface area contributed by atoms with E-state index in [1.807, 2.05) is 31.2 Å². The lowest BCUT2D eigenvalue weighted by molar-refractivity contribution is -0.131. The average Bonchev–Trinajstić information content (AvgIpc) is 2.78. The van der Waals surface area contributed by atoms with Crippen molar-refractivity contribution >= 4 is 29.8 Å². The number of hydrazine groups is 1. The molecule has 0 unspecified atom stereocenters. The molecule has 0 bridgehead atoms. The molecular formula is C18H22N4O4. The minimum atomic E-state index is -0.970. The largest absolute Gasteiger partial charge is 0.325 e. The summed E-state index contributed by atoms with van der Waals surface area (Å²) in [6, 6.07) is 7.04. The lowest BCUT2D eigenvalue weighted by Crippen LogP contribution is -2.43. The first-order valence-electron chi connectivity index (χ1n) is 8.17. The highest BCUT2D eigenvalue weighted by Gasteiger charge is 2.43. The van der Waals surface area contributed by atoms with E-state index in [-0.39, 0.29) is 18.9 Å². The minimum absolute atomic E-state index is 0.0607. The zero-order valence-electron chi connectivity index (χ0n) is 15.0. The van der Waals surface area contributed by atoms with Gasteiger partial charge in [0.05, 0.1) is 0 Å². The Kier molecular flexibility index (Phi) is 5.76. The molecule has 26 heavy (non-hydrogen) atoms. The first-order chi connectivity index (χ1) is 12.2. The van der Waals surface area contributed by atoms with E-state index in [9.17, 15) is 19.2 Å². The van der Waals surface area contributed by atoms with Crippen molar-refractivity contribution in [1.82, 2.24) is 21.1 Å². The second-order valence-electron chi connectivity index (χ2n) is 6.49. The molecule has 0 spiro atoms. The van der Waals surface area contributed by atoms with Crippen LogP contribution in [0.25, 0.3) is 6.08 Å². The van der Waals surface area contributed by atoms with Crippen LogP contribution in [0.3, 0.4) is 0 Å². The van der Waals surface area contributed by atoms with Gasteiger partial charge in [-0.2, -0.15) is 0 Å². The van der Waals surface area contributed by atoms with Crippen LogP contribution in [-0.4, -0.2) is 40.7 Å². The normalized spacial score (nSPS) is 15.9. The van der Waals surface area contributed by atoms with Crippen LogP contribution in [0.4, 0.5) is 4.79 Å². The molecule has 1 saturated heterocycles. The fourth-order valence-electron chi connectivity index (χ4n) is 2.41. The fourth-order valence-corrected chi connectivity index (χ4v) is 2.41.